The first-order chi connectivity index (χ1) is 9.33. The van der Waals surface area contributed by atoms with Crippen molar-refractivity contribution in [3.8, 4) is 5.75 Å². The topological polar surface area (TPSA) is 102 Å². The maximum Gasteiger partial charge on any atom is 0.312 e. The van der Waals surface area contributed by atoms with Crippen molar-refractivity contribution in [2.24, 2.45) is 11.1 Å². The zero-order valence-electron chi connectivity index (χ0n) is 10.5. The van der Waals surface area contributed by atoms with Crippen LogP contribution in [0.1, 0.15) is 19.3 Å². The molecule has 1 saturated carbocycles. The molecule has 0 spiro atoms. The highest BCUT2D eigenvalue weighted by molar-refractivity contribution is 9.10. The van der Waals surface area contributed by atoms with Gasteiger partial charge in [-0.15, -0.1) is 0 Å². The predicted octanol–water partition coefficient (Wildman–Crippen LogP) is 2.98. The number of nitro benzene ring substituents is 1. The van der Waals surface area contributed by atoms with Crippen molar-refractivity contribution < 1.29 is 14.1 Å². The van der Waals surface area contributed by atoms with Gasteiger partial charge in [-0.05, 0) is 28.8 Å². The Morgan fingerprint density at radius 2 is 2.25 bits per heavy atom. The molecule has 0 amide bonds. The minimum absolute atomic E-state index is 0.0152. The van der Waals surface area contributed by atoms with Gasteiger partial charge in [0.15, 0.2) is 5.75 Å². The highest BCUT2D eigenvalue weighted by Gasteiger charge is 2.44. The lowest BCUT2D eigenvalue weighted by Crippen LogP contribution is -2.22. The quantitative estimate of drug-likeness (QED) is 0.358. The summed E-state index contributed by atoms with van der Waals surface area (Å²) in [5, 5.41) is 18.2. The molecule has 1 aromatic carbocycles. The second-order valence-electron chi connectivity index (χ2n) is 4.98. The fourth-order valence-electron chi connectivity index (χ4n) is 1.96. The van der Waals surface area contributed by atoms with Crippen molar-refractivity contribution in [3.05, 3.63) is 32.5 Å². The number of ether oxygens (including phenoxy) is 1. The van der Waals surface area contributed by atoms with Gasteiger partial charge in [0.25, 0.3) is 0 Å². The summed E-state index contributed by atoms with van der Waals surface area (Å²) in [6.45, 7) is 0.189. The Hall–Kier alpha value is -1.70. The van der Waals surface area contributed by atoms with Crippen molar-refractivity contribution in [2.45, 2.75) is 19.3 Å². The van der Waals surface area contributed by atoms with Crippen molar-refractivity contribution in [2.75, 3.05) is 6.61 Å². The fourth-order valence-corrected chi connectivity index (χ4v) is 2.29. The van der Waals surface area contributed by atoms with E-state index < -0.39 is 10.7 Å². The van der Waals surface area contributed by atoms with Gasteiger partial charge in [-0.2, -0.15) is 0 Å². The van der Waals surface area contributed by atoms with Crippen molar-refractivity contribution in [1.82, 2.24) is 0 Å². The Morgan fingerprint density at radius 1 is 1.60 bits per heavy atom. The van der Waals surface area contributed by atoms with E-state index in [9.17, 15) is 14.5 Å². The molecule has 0 aliphatic heterocycles. The molecule has 0 saturated heterocycles. The smallest absolute Gasteiger partial charge is 0.312 e. The summed E-state index contributed by atoms with van der Waals surface area (Å²) in [6.07, 6.45) is 2.08. The Labute approximate surface area is 122 Å². The molecule has 1 aliphatic carbocycles. The minimum atomic E-state index is -0.623. The molecule has 3 N–H and O–H groups in total. The van der Waals surface area contributed by atoms with Crippen molar-refractivity contribution in [3.63, 3.8) is 0 Å². The summed E-state index contributed by atoms with van der Waals surface area (Å²) in [4.78, 5) is 10.3. The van der Waals surface area contributed by atoms with Crippen LogP contribution in [0.25, 0.3) is 0 Å². The molecule has 1 fully saturated rings. The zero-order chi connectivity index (χ0) is 14.9. The van der Waals surface area contributed by atoms with E-state index in [0.717, 1.165) is 25.0 Å². The van der Waals surface area contributed by atoms with Crippen LogP contribution in [0, 0.1) is 26.8 Å². The summed E-state index contributed by atoms with van der Waals surface area (Å²) in [6, 6.07) is 2.07. The summed E-state index contributed by atoms with van der Waals surface area (Å²) in [5.74, 6) is -0.671. The molecule has 0 heterocycles. The number of benzene rings is 1. The van der Waals surface area contributed by atoms with Crippen LogP contribution >= 0.6 is 15.9 Å². The van der Waals surface area contributed by atoms with Crippen LogP contribution in [-0.2, 0) is 0 Å². The number of hydrogen-bond donors (Lipinski definition) is 2. The number of halogens is 2. The predicted molar refractivity (Wildman–Crippen MR) is 74.4 cm³/mol. The van der Waals surface area contributed by atoms with Gasteiger partial charge in [-0.3, -0.25) is 15.5 Å². The Morgan fingerprint density at radius 3 is 2.75 bits per heavy atom. The summed E-state index contributed by atoms with van der Waals surface area (Å²) in [7, 11) is 0. The first kappa shape index (κ1) is 14.7. The van der Waals surface area contributed by atoms with E-state index in [-0.39, 0.29) is 33.8 Å². The number of nitro groups is 1. The molecule has 8 heteroatoms. The Kier molecular flexibility index (Phi) is 3.94. The standard InChI is InChI=1S/C12H13BrFN3O3/c13-7-3-9(17(18)19)10(4-8(7)14)20-6-12(1-2-12)5-11(15)16/h3-4H,1-2,5-6H2,(H3,15,16). The van der Waals surface area contributed by atoms with Crippen LogP contribution in [0.15, 0.2) is 16.6 Å². The maximum atomic E-state index is 13.5. The third-order valence-corrected chi connectivity index (χ3v) is 3.86. The van der Waals surface area contributed by atoms with Gasteiger partial charge < -0.3 is 10.5 Å². The lowest BCUT2D eigenvalue weighted by molar-refractivity contribution is -0.386. The second kappa shape index (κ2) is 5.35. The second-order valence-corrected chi connectivity index (χ2v) is 5.84. The van der Waals surface area contributed by atoms with Gasteiger partial charge >= 0.3 is 5.69 Å². The van der Waals surface area contributed by atoms with E-state index in [2.05, 4.69) is 15.9 Å². The van der Waals surface area contributed by atoms with E-state index in [0.29, 0.717) is 6.42 Å². The number of nitrogens with two attached hydrogens (primary N) is 1. The molecule has 6 nitrogen and oxygen atoms in total. The lowest BCUT2D eigenvalue weighted by atomic mass is 10.0. The first-order valence-corrected chi connectivity index (χ1v) is 6.71. The van der Waals surface area contributed by atoms with E-state index in [1.165, 1.54) is 0 Å². The molecule has 0 bridgehead atoms. The summed E-state index contributed by atoms with van der Waals surface area (Å²) < 4.78 is 18.9. The number of nitrogens with zero attached hydrogens (tertiary/aromatic N) is 1. The van der Waals surface area contributed by atoms with Gasteiger partial charge in [0, 0.05) is 24.0 Å². The van der Waals surface area contributed by atoms with E-state index in [1.54, 1.807) is 0 Å². The summed E-state index contributed by atoms with van der Waals surface area (Å²) >= 11 is 2.90. The third-order valence-electron chi connectivity index (χ3n) is 3.25. The highest BCUT2D eigenvalue weighted by atomic mass is 79.9. The molecule has 1 aliphatic rings. The van der Waals surface area contributed by atoms with Gasteiger partial charge in [-0.25, -0.2) is 4.39 Å². The monoisotopic (exact) mass is 345 g/mol. The van der Waals surface area contributed by atoms with E-state index in [4.69, 9.17) is 15.9 Å². The molecule has 108 valence electrons. The van der Waals surface area contributed by atoms with Crippen LogP contribution in [0.2, 0.25) is 0 Å². The molecule has 0 aromatic heterocycles. The number of nitrogens with one attached hydrogen (secondary N) is 1. The summed E-state index contributed by atoms with van der Waals surface area (Å²) in [5.41, 5.74) is 4.84. The molecule has 2 rings (SSSR count). The van der Waals surface area contributed by atoms with Crippen molar-refractivity contribution in [1.29, 1.82) is 5.41 Å². The van der Waals surface area contributed by atoms with Crippen LogP contribution in [0.3, 0.4) is 0 Å². The zero-order valence-corrected chi connectivity index (χ0v) is 12.1. The fraction of sp³-hybridized carbons (Fsp3) is 0.417. The molecular weight excluding hydrogens is 333 g/mol. The van der Waals surface area contributed by atoms with Gasteiger partial charge in [0.05, 0.1) is 21.8 Å². The number of rotatable bonds is 6. The molecule has 0 unspecified atom stereocenters. The molecule has 0 atom stereocenters. The number of hydrogen-bond acceptors (Lipinski definition) is 4. The molecular formula is C12H13BrFN3O3. The normalized spacial score (nSPS) is 15.7. The van der Waals surface area contributed by atoms with E-state index >= 15 is 0 Å². The minimum Gasteiger partial charge on any atom is -0.486 e. The average Bonchev–Trinajstić information content (AvgIpc) is 3.09. The largest absolute Gasteiger partial charge is 0.486 e. The average molecular weight is 346 g/mol. The van der Waals surface area contributed by atoms with Crippen LogP contribution in [0.5, 0.6) is 5.75 Å². The van der Waals surface area contributed by atoms with Crippen LogP contribution in [0.4, 0.5) is 10.1 Å². The molecule has 0 radical (unpaired) electrons. The van der Waals surface area contributed by atoms with Gasteiger partial charge in [0.1, 0.15) is 5.82 Å². The first-order valence-electron chi connectivity index (χ1n) is 5.92. The maximum absolute atomic E-state index is 13.5. The Balaban J connectivity index is 2.15. The molecule has 1 aromatic rings. The Bertz CT molecular complexity index is 575. The van der Waals surface area contributed by atoms with Crippen LogP contribution in [-0.4, -0.2) is 17.4 Å². The SMILES string of the molecule is N=C(N)CC1(COc2cc(F)c(Br)cc2[N+](=O)[O-])CC1. The molecule has 20 heavy (non-hydrogen) atoms. The third kappa shape index (κ3) is 3.24. The van der Waals surface area contributed by atoms with Gasteiger partial charge in [0.2, 0.25) is 0 Å². The van der Waals surface area contributed by atoms with E-state index in [1.807, 2.05) is 0 Å². The van der Waals surface area contributed by atoms with Crippen molar-refractivity contribution >= 4 is 27.5 Å². The number of amidine groups is 1. The highest BCUT2D eigenvalue weighted by Crippen LogP contribution is 2.49. The van der Waals surface area contributed by atoms with Crippen LogP contribution < -0.4 is 10.5 Å². The lowest BCUT2D eigenvalue weighted by Gasteiger charge is -2.15. The van der Waals surface area contributed by atoms with Gasteiger partial charge in [-0.1, -0.05) is 0 Å².